The quantitative estimate of drug-likeness (QED) is 0.808. The summed E-state index contributed by atoms with van der Waals surface area (Å²) in [6.07, 6.45) is 1.04. The van der Waals surface area contributed by atoms with Gasteiger partial charge in [0.25, 0.3) is 0 Å². The first-order chi connectivity index (χ1) is 6.88. The lowest BCUT2D eigenvalue weighted by molar-refractivity contribution is 0.184. The molecule has 1 aromatic rings. The third kappa shape index (κ3) is 2.40. The number of ether oxygens (including phenoxy) is 2. The number of methoxy groups -OCH3 is 1. The molecule has 1 N–H and O–H groups in total. The van der Waals surface area contributed by atoms with Crippen molar-refractivity contribution in [1.29, 1.82) is 0 Å². The summed E-state index contributed by atoms with van der Waals surface area (Å²) in [4.78, 5) is 0. The maximum absolute atomic E-state index is 5.25. The second-order valence-corrected chi connectivity index (χ2v) is 4.20. The van der Waals surface area contributed by atoms with E-state index in [4.69, 9.17) is 9.47 Å². The van der Waals surface area contributed by atoms with Crippen molar-refractivity contribution < 1.29 is 9.47 Å². The summed E-state index contributed by atoms with van der Waals surface area (Å²) in [6, 6.07) is 0.387. The molecule has 0 aromatic carbocycles. The molecule has 1 aliphatic heterocycles. The Labute approximate surface area is 86.4 Å². The lowest BCUT2D eigenvalue weighted by Gasteiger charge is -2.06. The Morgan fingerprint density at radius 2 is 2.57 bits per heavy atom. The molecule has 0 saturated carbocycles. The predicted molar refractivity (Wildman–Crippen MR) is 53.5 cm³/mol. The molecule has 0 bridgehead atoms. The smallest absolute Gasteiger partial charge is 0.206 e. The highest BCUT2D eigenvalue weighted by atomic mass is 32.1. The SMILES string of the molecule is COCc1nnc(N[C@H]2CCOC2)s1. The monoisotopic (exact) mass is 215 g/mol. The van der Waals surface area contributed by atoms with Crippen LogP contribution in [-0.2, 0) is 16.1 Å². The van der Waals surface area contributed by atoms with Crippen molar-refractivity contribution in [1.82, 2.24) is 10.2 Å². The average Bonchev–Trinajstić information content (AvgIpc) is 2.79. The highest BCUT2D eigenvalue weighted by molar-refractivity contribution is 7.15. The van der Waals surface area contributed by atoms with Gasteiger partial charge in [-0.1, -0.05) is 11.3 Å². The van der Waals surface area contributed by atoms with Crippen LogP contribution in [0.2, 0.25) is 0 Å². The number of rotatable bonds is 4. The van der Waals surface area contributed by atoms with E-state index in [9.17, 15) is 0 Å². The van der Waals surface area contributed by atoms with Gasteiger partial charge < -0.3 is 14.8 Å². The van der Waals surface area contributed by atoms with E-state index in [-0.39, 0.29) is 0 Å². The number of hydrogen-bond donors (Lipinski definition) is 1. The van der Waals surface area contributed by atoms with Crippen LogP contribution < -0.4 is 5.32 Å². The van der Waals surface area contributed by atoms with E-state index < -0.39 is 0 Å². The molecular formula is C8H13N3O2S. The van der Waals surface area contributed by atoms with Gasteiger partial charge in [-0.05, 0) is 6.42 Å². The zero-order valence-electron chi connectivity index (χ0n) is 8.02. The van der Waals surface area contributed by atoms with Crippen LogP contribution in [0.1, 0.15) is 11.4 Å². The Morgan fingerprint density at radius 3 is 3.29 bits per heavy atom. The normalized spacial score (nSPS) is 21.4. The minimum atomic E-state index is 0.387. The Balaban J connectivity index is 1.88. The Bertz CT molecular complexity index is 286. The van der Waals surface area contributed by atoms with Crippen molar-refractivity contribution in [3.8, 4) is 0 Å². The molecule has 2 rings (SSSR count). The van der Waals surface area contributed by atoms with Crippen molar-refractivity contribution in [2.75, 3.05) is 25.6 Å². The molecule has 0 aliphatic carbocycles. The number of nitrogens with one attached hydrogen (secondary N) is 1. The van der Waals surface area contributed by atoms with Crippen LogP contribution in [0, 0.1) is 0 Å². The summed E-state index contributed by atoms with van der Waals surface area (Å²) in [5, 5.41) is 13.0. The Hall–Kier alpha value is -0.720. The molecule has 2 heterocycles. The summed E-state index contributed by atoms with van der Waals surface area (Å²) < 4.78 is 10.2. The standard InChI is InChI=1S/C8H13N3O2S/c1-12-5-7-10-11-8(14-7)9-6-2-3-13-4-6/h6H,2-5H2,1H3,(H,9,11)/t6-/m0/s1. The first kappa shape index (κ1) is 9.82. The molecule has 1 atom stereocenters. The van der Waals surface area contributed by atoms with Crippen LogP contribution in [0.15, 0.2) is 0 Å². The predicted octanol–water partition coefficient (Wildman–Crippen LogP) is 0.885. The van der Waals surface area contributed by atoms with Gasteiger partial charge in [0.1, 0.15) is 11.6 Å². The lowest BCUT2D eigenvalue weighted by Crippen LogP contribution is -2.18. The molecule has 0 spiro atoms. The molecule has 5 nitrogen and oxygen atoms in total. The van der Waals surface area contributed by atoms with Crippen LogP contribution in [-0.4, -0.2) is 36.6 Å². The van der Waals surface area contributed by atoms with Crippen molar-refractivity contribution in [2.24, 2.45) is 0 Å². The van der Waals surface area contributed by atoms with Crippen molar-refractivity contribution in [3.05, 3.63) is 5.01 Å². The van der Waals surface area contributed by atoms with Gasteiger partial charge in [-0.2, -0.15) is 0 Å². The number of hydrogen-bond acceptors (Lipinski definition) is 6. The second kappa shape index (κ2) is 4.68. The van der Waals surface area contributed by atoms with Gasteiger partial charge in [0.2, 0.25) is 5.13 Å². The third-order valence-electron chi connectivity index (χ3n) is 1.99. The number of aromatic nitrogens is 2. The zero-order chi connectivity index (χ0) is 9.80. The van der Waals surface area contributed by atoms with E-state index >= 15 is 0 Å². The van der Waals surface area contributed by atoms with Crippen LogP contribution in [0.25, 0.3) is 0 Å². The fraction of sp³-hybridized carbons (Fsp3) is 0.750. The highest BCUT2D eigenvalue weighted by Gasteiger charge is 2.16. The maximum atomic E-state index is 5.25. The molecular weight excluding hydrogens is 202 g/mol. The first-order valence-corrected chi connectivity index (χ1v) is 5.35. The Morgan fingerprint density at radius 1 is 1.64 bits per heavy atom. The van der Waals surface area contributed by atoms with E-state index in [0.29, 0.717) is 12.6 Å². The zero-order valence-corrected chi connectivity index (χ0v) is 8.84. The van der Waals surface area contributed by atoms with Crippen LogP contribution in [0.4, 0.5) is 5.13 Å². The number of anilines is 1. The number of nitrogens with zero attached hydrogens (tertiary/aromatic N) is 2. The topological polar surface area (TPSA) is 56.3 Å². The van der Waals surface area contributed by atoms with Crippen molar-refractivity contribution in [2.45, 2.75) is 19.1 Å². The van der Waals surface area contributed by atoms with E-state index in [1.807, 2.05) is 0 Å². The lowest BCUT2D eigenvalue weighted by atomic mass is 10.3. The molecule has 1 aliphatic rings. The molecule has 1 saturated heterocycles. The van der Waals surface area contributed by atoms with E-state index in [1.165, 1.54) is 11.3 Å². The maximum Gasteiger partial charge on any atom is 0.206 e. The molecule has 0 radical (unpaired) electrons. The van der Waals surface area contributed by atoms with Gasteiger partial charge in [0, 0.05) is 13.7 Å². The van der Waals surface area contributed by atoms with Gasteiger partial charge in [-0.25, -0.2) is 0 Å². The summed E-state index contributed by atoms with van der Waals surface area (Å²) in [6.45, 7) is 2.13. The van der Waals surface area contributed by atoms with Crippen molar-refractivity contribution >= 4 is 16.5 Å². The molecule has 1 fully saturated rings. The van der Waals surface area contributed by atoms with Gasteiger partial charge >= 0.3 is 0 Å². The fourth-order valence-corrected chi connectivity index (χ4v) is 2.11. The minimum absolute atomic E-state index is 0.387. The van der Waals surface area contributed by atoms with E-state index in [1.54, 1.807) is 7.11 Å². The van der Waals surface area contributed by atoms with Gasteiger partial charge in [-0.15, -0.1) is 10.2 Å². The second-order valence-electron chi connectivity index (χ2n) is 3.14. The highest BCUT2D eigenvalue weighted by Crippen LogP contribution is 2.18. The van der Waals surface area contributed by atoms with Gasteiger partial charge in [-0.3, -0.25) is 0 Å². The molecule has 0 amide bonds. The molecule has 1 aromatic heterocycles. The molecule has 0 unspecified atom stereocenters. The van der Waals surface area contributed by atoms with Crippen LogP contribution in [0.3, 0.4) is 0 Å². The van der Waals surface area contributed by atoms with Crippen LogP contribution in [0.5, 0.6) is 0 Å². The fourth-order valence-electron chi connectivity index (χ4n) is 1.32. The third-order valence-corrected chi connectivity index (χ3v) is 2.82. The van der Waals surface area contributed by atoms with E-state index in [0.717, 1.165) is 29.8 Å². The van der Waals surface area contributed by atoms with Crippen molar-refractivity contribution in [3.63, 3.8) is 0 Å². The minimum Gasteiger partial charge on any atom is -0.379 e. The molecule has 6 heteroatoms. The average molecular weight is 215 g/mol. The first-order valence-electron chi connectivity index (χ1n) is 4.54. The summed E-state index contributed by atoms with van der Waals surface area (Å²) in [5.74, 6) is 0. The molecule has 14 heavy (non-hydrogen) atoms. The van der Waals surface area contributed by atoms with E-state index in [2.05, 4.69) is 15.5 Å². The summed E-state index contributed by atoms with van der Waals surface area (Å²) in [5.41, 5.74) is 0. The summed E-state index contributed by atoms with van der Waals surface area (Å²) >= 11 is 1.53. The van der Waals surface area contributed by atoms with Crippen LogP contribution >= 0.6 is 11.3 Å². The molecule has 78 valence electrons. The summed E-state index contributed by atoms with van der Waals surface area (Å²) in [7, 11) is 1.65. The largest absolute Gasteiger partial charge is 0.379 e. The Kier molecular flexibility index (Phi) is 3.28. The van der Waals surface area contributed by atoms with Gasteiger partial charge in [0.15, 0.2) is 0 Å². The van der Waals surface area contributed by atoms with Gasteiger partial charge in [0.05, 0.1) is 12.6 Å².